The van der Waals surface area contributed by atoms with E-state index in [1.165, 1.54) is 19.3 Å². The second-order valence-electron chi connectivity index (χ2n) is 3.88. The van der Waals surface area contributed by atoms with E-state index in [0.717, 1.165) is 6.42 Å². The third-order valence-electron chi connectivity index (χ3n) is 2.53. The highest BCUT2D eigenvalue weighted by atomic mass is 16.6. The van der Waals surface area contributed by atoms with Gasteiger partial charge in [0.1, 0.15) is 0 Å². The fourth-order valence-corrected chi connectivity index (χ4v) is 1.50. The lowest BCUT2D eigenvalue weighted by molar-refractivity contribution is 0.101. The molecule has 0 fully saturated rings. The Morgan fingerprint density at radius 1 is 1.28 bits per heavy atom. The standard InChI is InChI=1S/C12H13N3O3/c1-9(16)10-7-13-11(14-8-10)18-12(17)15-5-3-2-4-6-15/h2-3,7-8H,4-6H2,1H3. The summed E-state index contributed by atoms with van der Waals surface area (Å²) in [6.45, 7) is 2.58. The molecule has 1 aromatic heterocycles. The van der Waals surface area contributed by atoms with Crippen LogP contribution in [0.25, 0.3) is 0 Å². The van der Waals surface area contributed by atoms with Gasteiger partial charge in [0.15, 0.2) is 5.78 Å². The van der Waals surface area contributed by atoms with E-state index < -0.39 is 6.09 Å². The van der Waals surface area contributed by atoms with Crippen LogP contribution in [0.4, 0.5) is 4.79 Å². The molecule has 1 aliphatic rings. The molecule has 0 aromatic carbocycles. The van der Waals surface area contributed by atoms with Crippen LogP contribution in [-0.2, 0) is 0 Å². The van der Waals surface area contributed by atoms with Crippen LogP contribution in [0.15, 0.2) is 24.5 Å². The molecule has 0 aliphatic carbocycles. The molecular formula is C12H13N3O3. The van der Waals surface area contributed by atoms with Crippen LogP contribution in [-0.4, -0.2) is 39.8 Å². The Labute approximate surface area is 104 Å². The van der Waals surface area contributed by atoms with Gasteiger partial charge in [-0.1, -0.05) is 12.2 Å². The molecule has 1 amide bonds. The van der Waals surface area contributed by atoms with Gasteiger partial charge in [-0.2, -0.15) is 0 Å². The van der Waals surface area contributed by atoms with Crippen molar-refractivity contribution in [3.05, 3.63) is 30.1 Å². The van der Waals surface area contributed by atoms with Crippen LogP contribution >= 0.6 is 0 Å². The third kappa shape index (κ3) is 2.91. The summed E-state index contributed by atoms with van der Waals surface area (Å²) in [5.41, 5.74) is 0.385. The summed E-state index contributed by atoms with van der Waals surface area (Å²) in [5, 5.41) is 0. The zero-order chi connectivity index (χ0) is 13.0. The lowest BCUT2D eigenvalue weighted by atomic mass is 10.2. The Hall–Kier alpha value is -2.24. The Kier molecular flexibility index (Phi) is 3.66. The molecule has 6 heteroatoms. The second-order valence-corrected chi connectivity index (χ2v) is 3.88. The summed E-state index contributed by atoms with van der Waals surface area (Å²) in [7, 11) is 0. The fraction of sp³-hybridized carbons (Fsp3) is 0.333. The Balaban J connectivity index is 1.98. The van der Waals surface area contributed by atoms with Crippen molar-refractivity contribution in [2.75, 3.05) is 13.1 Å². The molecule has 0 saturated carbocycles. The molecule has 2 rings (SSSR count). The average molecular weight is 247 g/mol. The molecule has 0 radical (unpaired) electrons. The van der Waals surface area contributed by atoms with E-state index in [-0.39, 0.29) is 11.8 Å². The highest BCUT2D eigenvalue weighted by Gasteiger charge is 2.17. The number of aromatic nitrogens is 2. The minimum Gasteiger partial charge on any atom is -0.374 e. The maximum absolute atomic E-state index is 11.7. The molecular weight excluding hydrogens is 234 g/mol. The van der Waals surface area contributed by atoms with Gasteiger partial charge in [0.2, 0.25) is 0 Å². The number of carbonyl (C=O) groups excluding carboxylic acids is 2. The fourth-order valence-electron chi connectivity index (χ4n) is 1.50. The van der Waals surface area contributed by atoms with Gasteiger partial charge < -0.3 is 9.64 Å². The number of ketones is 1. The number of rotatable bonds is 2. The number of carbonyl (C=O) groups is 2. The Morgan fingerprint density at radius 3 is 2.56 bits per heavy atom. The van der Waals surface area contributed by atoms with Crippen molar-refractivity contribution < 1.29 is 14.3 Å². The summed E-state index contributed by atoms with van der Waals surface area (Å²) >= 11 is 0. The molecule has 18 heavy (non-hydrogen) atoms. The molecule has 0 saturated heterocycles. The number of Topliss-reactive ketones (excluding diaryl/α,β-unsaturated/α-hetero) is 1. The largest absolute Gasteiger partial charge is 0.417 e. The maximum Gasteiger partial charge on any atom is 0.417 e. The maximum atomic E-state index is 11.7. The summed E-state index contributed by atoms with van der Waals surface area (Å²) < 4.78 is 5.01. The minimum atomic E-state index is -0.477. The number of hydrogen-bond acceptors (Lipinski definition) is 5. The van der Waals surface area contributed by atoms with E-state index in [1.807, 2.05) is 12.2 Å². The van der Waals surface area contributed by atoms with Gasteiger partial charge in [0.05, 0.1) is 5.56 Å². The molecule has 0 spiro atoms. The summed E-state index contributed by atoms with van der Waals surface area (Å²) in [5.74, 6) is -0.131. The van der Waals surface area contributed by atoms with Gasteiger partial charge in [-0.15, -0.1) is 0 Å². The van der Waals surface area contributed by atoms with Crippen LogP contribution in [0.3, 0.4) is 0 Å². The van der Waals surface area contributed by atoms with Gasteiger partial charge in [-0.25, -0.2) is 14.8 Å². The monoisotopic (exact) mass is 247 g/mol. The van der Waals surface area contributed by atoms with Gasteiger partial charge in [-0.3, -0.25) is 4.79 Å². The number of amides is 1. The van der Waals surface area contributed by atoms with Crippen molar-refractivity contribution in [3.8, 4) is 6.01 Å². The zero-order valence-corrected chi connectivity index (χ0v) is 10.00. The third-order valence-corrected chi connectivity index (χ3v) is 2.53. The van der Waals surface area contributed by atoms with Crippen LogP contribution in [0.5, 0.6) is 6.01 Å². The van der Waals surface area contributed by atoms with E-state index in [1.54, 1.807) is 4.90 Å². The van der Waals surface area contributed by atoms with Crippen molar-refractivity contribution in [2.45, 2.75) is 13.3 Å². The van der Waals surface area contributed by atoms with Crippen molar-refractivity contribution in [1.29, 1.82) is 0 Å². The normalized spacial score (nSPS) is 14.4. The van der Waals surface area contributed by atoms with Gasteiger partial charge in [-0.05, 0) is 13.3 Å². The van der Waals surface area contributed by atoms with E-state index in [4.69, 9.17) is 4.74 Å². The van der Waals surface area contributed by atoms with Crippen molar-refractivity contribution in [3.63, 3.8) is 0 Å². The second kappa shape index (κ2) is 5.39. The smallest absolute Gasteiger partial charge is 0.374 e. The summed E-state index contributed by atoms with van der Waals surface area (Å²) in [6, 6.07) is -0.0421. The SMILES string of the molecule is CC(=O)c1cnc(OC(=O)N2CC=CCC2)nc1. The minimum absolute atomic E-state index is 0.0421. The van der Waals surface area contributed by atoms with Crippen LogP contribution in [0.2, 0.25) is 0 Å². The van der Waals surface area contributed by atoms with Crippen molar-refractivity contribution in [2.24, 2.45) is 0 Å². The zero-order valence-electron chi connectivity index (χ0n) is 10.00. The summed E-state index contributed by atoms with van der Waals surface area (Å²) in [4.78, 5) is 31.9. The molecule has 1 aromatic rings. The summed E-state index contributed by atoms with van der Waals surface area (Å²) in [6.07, 6.45) is 6.95. The van der Waals surface area contributed by atoms with E-state index in [9.17, 15) is 9.59 Å². The molecule has 6 nitrogen and oxygen atoms in total. The first-order valence-corrected chi connectivity index (χ1v) is 5.61. The van der Waals surface area contributed by atoms with E-state index in [0.29, 0.717) is 18.7 Å². The first-order chi connectivity index (χ1) is 8.66. The lowest BCUT2D eigenvalue weighted by Gasteiger charge is -2.21. The molecule has 94 valence electrons. The highest BCUT2D eigenvalue weighted by Crippen LogP contribution is 2.07. The Bertz CT molecular complexity index is 482. The van der Waals surface area contributed by atoms with Crippen LogP contribution < -0.4 is 4.74 Å². The van der Waals surface area contributed by atoms with Gasteiger partial charge >= 0.3 is 12.1 Å². The molecule has 0 atom stereocenters. The predicted molar refractivity (Wildman–Crippen MR) is 63.4 cm³/mol. The van der Waals surface area contributed by atoms with Crippen LogP contribution in [0.1, 0.15) is 23.7 Å². The molecule has 0 unspecified atom stereocenters. The molecule has 2 heterocycles. The number of nitrogens with zero attached hydrogens (tertiary/aromatic N) is 3. The van der Waals surface area contributed by atoms with Gasteiger partial charge in [0, 0.05) is 25.5 Å². The van der Waals surface area contributed by atoms with Crippen LogP contribution in [0, 0.1) is 0 Å². The first-order valence-electron chi connectivity index (χ1n) is 5.61. The predicted octanol–water partition coefficient (Wildman–Crippen LogP) is 1.44. The highest BCUT2D eigenvalue weighted by molar-refractivity contribution is 5.93. The Morgan fingerprint density at radius 2 is 2.00 bits per heavy atom. The van der Waals surface area contributed by atoms with E-state index in [2.05, 4.69) is 9.97 Å². The van der Waals surface area contributed by atoms with Gasteiger partial charge in [0.25, 0.3) is 0 Å². The lowest BCUT2D eigenvalue weighted by Crippen LogP contribution is -2.36. The van der Waals surface area contributed by atoms with Crippen molar-refractivity contribution >= 4 is 11.9 Å². The molecule has 1 aliphatic heterocycles. The van der Waals surface area contributed by atoms with Crippen molar-refractivity contribution in [1.82, 2.24) is 14.9 Å². The number of ether oxygens (including phenoxy) is 1. The quantitative estimate of drug-likeness (QED) is 0.584. The topological polar surface area (TPSA) is 72.4 Å². The average Bonchev–Trinajstić information content (AvgIpc) is 2.40. The number of hydrogen-bond donors (Lipinski definition) is 0. The van der Waals surface area contributed by atoms with E-state index >= 15 is 0 Å². The molecule has 0 bridgehead atoms. The first kappa shape index (κ1) is 12.2. The molecule has 0 N–H and O–H groups in total.